The number of carbonyl (C=O) groups is 1. The number of rotatable bonds is 5. The predicted molar refractivity (Wildman–Crippen MR) is 110 cm³/mol. The zero-order valence-electron chi connectivity index (χ0n) is 16.2. The molecule has 0 aromatic heterocycles. The molecule has 1 heterocycles. The van der Waals surface area contributed by atoms with Crippen molar-refractivity contribution in [2.24, 2.45) is 0 Å². The molecule has 1 amide bonds. The largest absolute Gasteiger partial charge is 0.346 e. The van der Waals surface area contributed by atoms with E-state index in [4.69, 9.17) is 11.6 Å². The molecular formula is C20H23ClFN3O3S. The summed E-state index contributed by atoms with van der Waals surface area (Å²) in [6, 6.07) is 9.65. The van der Waals surface area contributed by atoms with Gasteiger partial charge in [0.25, 0.3) is 5.91 Å². The van der Waals surface area contributed by atoms with Crippen LogP contribution in [-0.4, -0.2) is 56.8 Å². The van der Waals surface area contributed by atoms with Crippen LogP contribution in [0.3, 0.4) is 0 Å². The van der Waals surface area contributed by atoms with Crippen LogP contribution >= 0.6 is 11.6 Å². The molecule has 0 spiro atoms. The van der Waals surface area contributed by atoms with Crippen LogP contribution in [0.15, 0.2) is 47.4 Å². The zero-order valence-corrected chi connectivity index (χ0v) is 17.8. The van der Waals surface area contributed by atoms with Gasteiger partial charge < -0.3 is 10.2 Å². The second-order valence-corrected chi connectivity index (χ2v) is 9.41. The second kappa shape index (κ2) is 8.79. The highest BCUT2D eigenvalue weighted by Crippen LogP contribution is 2.27. The highest BCUT2D eigenvalue weighted by Gasteiger charge is 2.30. The summed E-state index contributed by atoms with van der Waals surface area (Å²) >= 11 is 6.17. The first-order valence-electron chi connectivity index (χ1n) is 9.23. The molecule has 2 aromatic rings. The summed E-state index contributed by atoms with van der Waals surface area (Å²) in [7, 11) is -1.87. The number of nitrogens with zero attached hydrogens (tertiary/aromatic N) is 2. The molecule has 0 saturated carbocycles. The van der Waals surface area contributed by atoms with Crippen molar-refractivity contribution in [3.05, 3.63) is 64.4 Å². The number of halogens is 2. The van der Waals surface area contributed by atoms with E-state index in [1.165, 1.54) is 34.6 Å². The van der Waals surface area contributed by atoms with Crippen molar-refractivity contribution in [1.29, 1.82) is 0 Å². The second-order valence-electron chi connectivity index (χ2n) is 7.10. The first-order chi connectivity index (χ1) is 13.7. The molecule has 0 aliphatic carbocycles. The van der Waals surface area contributed by atoms with Gasteiger partial charge in [0.1, 0.15) is 10.7 Å². The van der Waals surface area contributed by atoms with E-state index in [1.54, 1.807) is 19.1 Å². The Balaban J connectivity index is 1.80. The summed E-state index contributed by atoms with van der Waals surface area (Å²) in [5.41, 5.74) is 0.926. The lowest BCUT2D eigenvalue weighted by molar-refractivity contribution is 0.0939. The number of amides is 1. The molecule has 1 saturated heterocycles. The molecule has 3 rings (SSSR count). The summed E-state index contributed by atoms with van der Waals surface area (Å²) in [5, 5.41) is 2.87. The SMILES string of the molecule is C[C@@H](NC(=O)c1ccc(Cl)c(S(=O)(=O)N2CCN(C)CC2)c1)c1ccc(F)cc1. The van der Waals surface area contributed by atoms with Crippen molar-refractivity contribution < 1.29 is 17.6 Å². The standard InChI is InChI=1S/C20H23ClFN3O3S/c1-14(15-3-6-17(22)7-4-15)23-20(26)16-5-8-18(21)19(13-16)29(27,28)25-11-9-24(2)10-12-25/h3-8,13-14H,9-12H2,1-2H3,(H,23,26)/t14-/m1/s1. The van der Waals surface area contributed by atoms with E-state index in [1.807, 2.05) is 11.9 Å². The van der Waals surface area contributed by atoms with Gasteiger partial charge in [-0.15, -0.1) is 0 Å². The van der Waals surface area contributed by atoms with Crippen LogP contribution in [0.1, 0.15) is 28.9 Å². The summed E-state index contributed by atoms with van der Waals surface area (Å²) in [6.45, 7) is 3.77. The fourth-order valence-electron chi connectivity index (χ4n) is 3.12. The third-order valence-corrected chi connectivity index (χ3v) is 7.37. The van der Waals surface area contributed by atoms with Crippen molar-refractivity contribution in [2.75, 3.05) is 33.2 Å². The molecule has 0 bridgehead atoms. The first-order valence-corrected chi connectivity index (χ1v) is 11.0. The predicted octanol–water partition coefficient (Wildman–Crippen LogP) is 2.91. The van der Waals surface area contributed by atoms with Crippen molar-refractivity contribution in [3.63, 3.8) is 0 Å². The van der Waals surface area contributed by atoms with Crippen molar-refractivity contribution in [1.82, 2.24) is 14.5 Å². The highest BCUT2D eigenvalue weighted by atomic mass is 35.5. The summed E-state index contributed by atoms with van der Waals surface area (Å²) in [6.07, 6.45) is 0. The van der Waals surface area contributed by atoms with E-state index in [9.17, 15) is 17.6 Å². The number of hydrogen-bond acceptors (Lipinski definition) is 4. The minimum atomic E-state index is -3.80. The Hall–Kier alpha value is -2.00. The minimum absolute atomic E-state index is 0.0760. The van der Waals surface area contributed by atoms with E-state index in [0.29, 0.717) is 26.2 Å². The van der Waals surface area contributed by atoms with Crippen molar-refractivity contribution in [3.8, 4) is 0 Å². The summed E-state index contributed by atoms with van der Waals surface area (Å²) < 4.78 is 40.5. The maximum Gasteiger partial charge on any atom is 0.251 e. The van der Waals surface area contributed by atoms with Gasteiger partial charge in [-0.1, -0.05) is 23.7 Å². The monoisotopic (exact) mass is 439 g/mol. The minimum Gasteiger partial charge on any atom is -0.346 e. The lowest BCUT2D eigenvalue weighted by Gasteiger charge is -2.31. The van der Waals surface area contributed by atoms with Gasteiger partial charge in [0.2, 0.25) is 10.0 Å². The smallest absolute Gasteiger partial charge is 0.251 e. The molecule has 9 heteroatoms. The van der Waals surface area contributed by atoms with Crippen molar-refractivity contribution in [2.45, 2.75) is 17.9 Å². The number of piperazine rings is 1. The molecule has 1 aliphatic heterocycles. The van der Waals surface area contributed by atoms with Gasteiger partial charge in [0.05, 0.1) is 11.1 Å². The van der Waals surface area contributed by atoms with Gasteiger partial charge in [-0.05, 0) is 49.9 Å². The number of hydrogen-bond donors (Lipinski definition) is 1. The Labute approximate surface area is 175 Å². The Bertz CT molecular complexity index is 991. The fourth-order valence-corrected chi connectivity index (χ4v) is 5.05. The Morgan fingerprint density at radius 3 is 2.34 bits per heavy atom. The molecule has 1 aliphatic rings. The van der Waals surface area contributed by atoms with Gasteiger partial charge in [0.15, 0.2) is 0 Å². The van der Waals surface area contributed by atoms with Gasteiger partial charge in [-0.25, -0.2) is 12.8 Å². The fraction of sp³-hybridized carbons (Fsp3) is 0.350. The third-order valence-electron chi connectivity index (χ3n) is 4.99. The maximum absolute atomic E-state index is 13.1. The molecule has 1 fully saturated rings. The average molecular weight is 440 g/mol. The Kier molecular flexibility index (Phi) is 6.58. The van der Waals surface area contributed by atoms with Crippen LogP contribution in [0, 0.1) is 5.82 Å². The molecule has 6 nitrogen and oxygen atoms in total. The zero-order chi connectivity index (χ0) is 21.2. The van der Waals surface area contributed by atoms with Gasteiger partial charge >= 0.3 is 0 Å². The molecule has 1 N–H and O–H groups in total. The molecule has 2 aromatic carbocycles. The van der Waals surface area contributed by atoms with E-state index in [2.05, 4.69) is 5.32 Å². The Morgan fingerprint density at radius 2 is 1.72 bits per heavy atom. The Morgan fingerprint density at radius 1 is 1.10 bits per heavy atom. The summed E-state index contributed by atoms with van der Waals surface area (Å²) in [5.74, 6) is -0.794. The van der Waals surface area contributed by atoms with E-state index in [0.717, 1.165) is 5.56 Å². The molecule has 0 radical (unpaired) electrons. The van der Waals surface area contributed by atoms with Crippen LogP contribution in [0.2, 0.25) is 5.02 Å². The molecule has 0 unspecified atom stereocenters. The number of nitrogens with one attached hydrogen (secondary N) is 1. The quantitative estimate of drug-likeness (QED) is 0.777. The lowest BCUT2D eigenvalue weighted by Crippen LogP contribution is -2.47. The molecule has 156 valence electrons. The summed E-state index contributed by atoms with van der Waals surface area (Å²) in [4.78, 5) is 14.6. The number of benzene rings is 2. The third kappa shape index (κ3) is 4.95. The highest BCUT2D eigenvalue weighted by molar-refractivity contribution is 7.89. The maximum atomic E-state index is 13.1. The first kappa shape index (κ1) is 21.7. The number of sulfonamides is 1. The topological polar surface area (TPSA) is 69.7 Å². The van der Waals surface area contributed by atoms with Gasteiger partial charge in [-0.2, -0.15) is 4.31 Å². The number of carbonyl (C=O) groups excluding carboxylic acids is 1. The normalized spacial score (nSPS) is 17.1. The van der Waals surface area contributed by atoms with Crippen LogP contribution in [0.25, 0.3) is 0 Å². The van der Waals surface area contributed by atoms with Gasteiger partial charge in [-0.3, -0.25) is 4.79 Å². The van der Waals surface area contributed by atoms with Crippen LogP contribution in [-0.2, 0) is 10.0 Å². The van der Waals surface area contributed by atoms with E-state index >= 15 is 0 Å². The van der Waals surface area contributed by atoms with Crippen LogP contribution in [0.4, 0.5) is 4.39 Å². The molecule has 1 atom stereocenters. The van der Waals surface area contributed by atoms with Crippen LogP contribution < -0.4 is 5.32 Å². The molecular weight excluding hydrogens is 417 g/mol. The average Bonchev–Trinajstić information content (AvgIpc) is 2.69. The van der Waals surface area contributed by atoms with E-state index < -0.39 is 15.9 Å². The lowest BCUT2D eigenvalue weighted by atomic mass is 10.1. The van der Waals surface area contributed by atoms with Crippen molar-refractivity contribution >= 4 is 27.5 Å². The van der Waals surface area contributed by atoms with Crippen LogP contribution in [0.5, 0.6) is 0 Å². The van der Waals surface area contributed by atoms with Gasteiger partial charge in [0, 0.05) is 31.7 Å². The van der Waals surface area contributed by atoms with E-state index in [-0.39, 0.29) is 27.3 Å². The molecule has 29 heavy (non-hydrogen) atoms. The number of likely N-dealkylation sites (N-methyl/N-ethyl adjacent to an activating group) is 1.